The molecule has 0 spiro atoms. The molecular weight excluding hydrogens is 338 g/mol. The molecule has 1 amide bonds. The number of rotatable bonds is 7. The fourth-order valence-corrected chi connectivity index (χ4v) is 3.50. The minimum absolute atomic E-state index is 0.0461. The minimum Gasteiger partial charge on any atom is -0.369 e. The van der Waals surface area contributed by atoms with Crippen LogP contribution in [-0.2, 0) is 4.79 Å². The van der Waals surface area contributed by atoms with Gasteiger partial charge in [-0.15, -0.1) is 0 Å². The molecule has 1 N–H and O–H groups in total. The van der Waals surface area contributed by atoms with Gasteiger partial charge in [0, 0.05) is 56.8 Å². The van der Waals surface area contributed by atoms with E-state index in [0.29, 0.717) is 0 Å². The van der Waals surface area contributed by atoms with E-state index in [4.69, 9.17) is 0 Å². The van der Waals surface area contributed by atoms with E-state index in [-0.39, 0.29) is 18.0 Å². The highest BCUT2D eigenvalue weighted by Gasteiger charge is 2.19. The monoisotopic (exact) mass is 369 g/mol. The van der Waals surface area contributed by atoms with Crippen LogP contribution in [0.2, 0.25) is 0 Å². The zero-order valence-electron chi connectivity index (χ0n) is 16.6. The van der Waals surface area contributed by atoms with E-state index < -0.39 is 0 Å². The van der Waals surface area contributed by atoms with E-state index in [2.05, 4.69) is 58.2 Å². The number of nitrogens with zero attached hydrogens (tertiary/aromatic N) is 4. The predicted octanol–water partition coefficient (Wildman–Crippen LogP) is 2.47. The summed E-state index contributed by atoms with van der Waals surface area (Å²) < 4.78 is 1.83. The summed E-state index contributed by atoms with van der Waals surface area (Å²) in [6.07, 6.45) is 6.17. The Bertz CT molecular complexity index is 722. The zero-order chi connectivity index (χ0) is 19.2. The van der Waals surface area contributed by atoms with Crippen LogP contribution < -0.4 is 10.2 Å². The summed E-state index contributed by atoms with van der Waals surface area (Å²) in [5.74, 6) is 0.0461. The molecule has 6 heteroatoms. The van der Waals surface area contributed by atoms with Gasteiger partial charge in [0.05, 0.1) is 6.33 Å². The van der Waals surface area contributed by atoms with Gasteiger partial charge in [0.15, 0.2) is 0 Å². The Kier molecular flexibility index (Phi) is 6.50. The molecule has 1 aromatic heterocycles. The normalized spacial score (nSPS) is 17.5. The predicted molar refractivity (Wildman–Crippen MR) is 109 cm³/mol. The summed E-state index contributed by atoms with van der Waals surface area (Å²) in [4.78, 5) is 21.3. The standard InChI is InChI=1S/C21H31N5O/c1-17-5-4-6-20(15-17)25-13-11-24(12-14-25)9-7-18(2)23-21(27)19(3)26-10-8-22-16-26/h4-6,8,10,15-16,18-19H,7,9,11-14H2,1-3H3,(H,23,27)/t18-,19-/m0/s1. The number of hydrogen-bond acceptors (Lipinski definition) is 4. The zero-order valence-corrected chi connectivity index (χ0v) is 16.6. The van der Waals surface area contributed by atoms with Crippen molar-refractivity contribution in [1.82, 2.24) is 19.8 Å². The maximum Gasteiger partial charge on any atom is 0.243 e. The lowest BCUT2D eigenvalue weighted by molar-refractivity contribution is -0.124. The molecule has 0 radical (unpaired) electrons. The van der Waals surface area contributed by atoms with Crippen molar-refractivity contribution in [3.63, 3.8) is 0 Å². The topological polar surface area (TPSA) is 53.4 Å². The lowest BCUT2D eigenvalue weighted by atomic mass is 10.1. The fourth-order valence-electron chi connectivity index (χ4n) is 3.50. The first-order valence-electron chi connectivity index (χ1n) is 9.84. The Morgan fingerprint density at radius 1 is 1.22 bits per heavy atom. The highest BCUT2D eigenvalue weighted by Crippen LogP contribution is 2.18. The van der Waals surface area contributed by atoms with E-state index >= 15 is 0 Å². The Morgan fingerprint density at radius 2 is 2.00 bits per heavy atom. The second-order valence-electron chi connectivity index (χ2n) is 7.55. The van der Waals surface area contributed by atoms with Crippen LogP contribution in [0, 0.1) is 6.92 Å². The van der Waals surface area contributed by atoms with Crippen molar-refractivity contribution in [3.8, 4) is 0 Å². The number of nitrogens with one attached hydrogen (secondary N) is 1. The summed E-state index contributed by atoms with van der Waals surface area (Å²) in [5, 5.41) is 3.12. The molecule has 0 unspecified atom stereocenters. The molecule has 27 heavy (non-hydrogen) atoms. The highest BCUT2D eigenvalue weighted by atomic mass is 16.2. The largest absolute Gasteiger partial charge is 0.369 e. The SMILES string of the molecule is Cc1cccc(N2CCN(CC[C@H](C)NC(=O)[C@H](C)n3ccnc3)CC2)c1. The first-order valence-corrected chi connectivity index (χ1v) is 9.84. The van der Waals surface area contributed by atoms with E-state index in [0.717, 1.165) is 39.1 Å². The number of hydrogen-bond donors (Lipinski definition) is 1. The number of benzene rings is 1. The molecule has 3 rings (SSSR count). The third-order valence-corrected chi connectivity index (χ3v) is 5.36. The van der Waals surface area contributed by atoms with Crippen LogP contribution >= 0.6 is 0 Å². The Hall–Kier alpha value is -2.34. The Labute approximate surface area is 162 Å². The molecule has 2 aromatic rings. The van der Waals surface area contributed by atoms with Gasteiger partial charge >= 0.3 is 0 Å². The van der Waals surface area contributed by atoms with Crippen molar-refractivity contribution in [1.29, 1.82) is 0 Å². The maximum atomic E-state index is 12.4. The quantitative estimate of drug-likeness (QED) is 0.815. The van der Waals surface area contributed by atoms with Gasteiger partial charge in [0.25, 0.3) is 0 Å². The Balaban J connectivity index is 1.39. The van der Waals surface area contributed by atoms with Crippen LogP contribution in [0.1, 0.15) is 31.9 Å². The van der Waals surface area contributed by atoms with Crippen LogP contribution in [0.3, 0.4) is 0 Å². The van der Waals surface area contributed by atoms with Crippen molar-refractivity contribution in [3.05, 3.63) is 48.5 Å². The molecule has 146 valence electrons. The second-order valence-corrected chi connectivity index (χ2v) is 7.55. The van der Waals surface area contributed by atoms with Crippen molar-refractivity contribution >= 4 is 11.6 Å². The summed E-state index contributed by atoms with van der Waals surface area (Å²) in [6, 6.07) is 8.66. The first kappa shape index (κ1) is 19.4. The van der Waals surface area contributed by atoms with Gasteiger partial charge in [0.2, 0.25) is 5.91 Å². The smallest absolute Gasteiger partial charge is 0.243 e. The van der Waals surface area contributed by atoms with E-state index in [9.17, 15) is 4.79 Å². The molecule has 1 saturated heterocycles. The number of imidazole rings is 1. The first-order chi connectivity index (χ1) is 13.0. The van der Waals surface area contributed by atoms with Gasteiger partial charge in [-0.3, -0.25) is 9.69 Å². The molecule has 2 atom stereocenters. The number of carbonyl (C=O) groups is 1. The van der Waals surface area contributed by atoms with Crippen LogP contribution in [-0.4, -0.2) is 59.1 Å². The molecule has 1 aliphatic heterocycles. The fraction of sp³-hybridized carbons (Fsp3) is 0.524. The second kappa shape index (κ2) is 9.04. The summed E-state index contributed by atoms with van der Waals surface area (Å²) >= 11 is 0. The number of aromatic nitrogens is 2. The molecule has 1 aliphatic rings. The van der Waals surface area contributed by atoms with Crippen molar-refractivity contribution in [2.45, 2.75) is 39.3 Å². The average Bonchev–Trinajstić information content (AvgIpc) is 3.21. The van der Waals surface area contributed by atoms with E-state index in [1.165, 1.54) is 11.3 Å². The number of amides is 1. The number of anilines is 1. The lowest BCUT2D eigenvalue weighted by Crippen LogP contribution is -2.47. The molecule has 0 saturated carbocycles. The third kappa shape index (κ3) is 5.32. The van der Waals surface area contributed by atoms with E-state index in [1.54, 1.807) is 12.5 Å². The maximum absolute atomic E-state index is 12.4. The summed E-state index contributed by atoms with van der Waals surface area (Å²) in [6.45, 7) is 11.4. The number of aryl methyl sites for hydroxylation is 1. The van der Waals surface area contributed by atoms with Gasteiger partial charge < -0.3 is 14.8 Å². The Morgan fingerprint density at radius 3 is 2.67 bits per heavy atom. The average molecular weight is 370 g/mol. The summed E-state index contributed by atoms with van der Waals surface area (Å²) in [5.41, 5.74) is 2.63. The van der Waals surface area contributed by atoms with Gasteiger partial charge in [0.1, 0.15) is 6.04 Å². The molecule has 1 aromatic carbocycles. The molecular formula is C21H31N5O. The molecule has 0 bridgehead atoms. The summed E-state index contributed by atoms with van der Waals surface area (Å²) in [7, 11) is 0. The van der Waals surface area contributed by atoms with Crippen molar-refractivity contribution in [2.75, 3.05) is 37.6 Å². The molecule has 1 fully saturated rings. The third-order valence-electron chi connectivity index (χ3n) is 5.36. The molecule has 6 nitrogen and oxygen atoms in total. The number of piperazine rings is 1. The lowest BCUT2D eigenvalue weighted by Gasteiger charge is -2.36. The van der Waals surface area contributed by atoms with Crippen LogP contribution in [0.25, 0.3) is 0 Å². The molecule has 2 heterocycles. The van der Waals surface area contributed by atoms with Crippen molar-refractivity contribution in [2.24, 2.45) is 0 Å². The van der Waals surface area contributed by atoms with Crippen LogP contribution in [0.4, 0.5) is 5.69 Å². The van der Waals surface area contributed by atoms with Gasteiger partial charge in [-0.05, 0) is 44.9 Å². The van der Waals surface area contributed by atoms with Gasteiger partial charge in [-0.2, -0.15) is 0 Å². The van der Waals surface area contributed by atoms with Crippen molar-refractivity contribution < 1.29 is 4.79 Å². The van der Waals surface area contributed by atoms with Gasteiger partial charge in [-0.1, -0.05) is 12.1 Å². The highest BCUT2D eigenvalue weighted by molar-refractivity contribution is 5.80. The van der Waals surface area contributed by atoms with Crippen LogP contribution in [0.15, 0.2) is 43.0 Å². The minimum atomic E-state index is -0.229. The number of carbonyl (C=O) groups excluding carboxylic acids is 1. The van der Waals surface area contributed by atoms with Gasteiger partial charge in [-0.25, -0.2) is 4.98 Å². The van der Waals surface area contributed by atoms with Crippen LogP contribution in [0.5, 0.6) is 0 Å². The van der Waals surface area contributed by atoms with E-state index in [1.807, 2.05) is 17.7 Å². The molecule has 0 aliphatic carbocycles.